The van der Waals surface area contributed by atoms with E-state index in [1.165, 1.54) is 16.7 Å². The number of ether oxygens (including phenoxy) is 1. The van der Waals surface area contributed by atoms with Crippen LogP contribution in [0.4, 0.5) is 0 Å². The van der Waals surface area contributed by atoms with Gasteiger partial charge in [-0.3, -0.25) is 0 Å². The number of aryl methyl sites for hydroxylation is 1. The second kappa shape index (κ2) is 6.77. The molecule has 0 fully saturated rings. The first-order chi connectivity index (χ1) is 8.10. The number of rotatable bonds is 6. The fraction of sp³-hybridized carbons (Fsp3) is 0.600. The van der Waals surface area contributed by atoms with Crippen molar-refractivity contribution in [1.29, 1.82) is 0 Å². The molecule has 1 aromatic carbocycles. The Hall–Kier alpha value is -0.860. The third-order valence-corrected chi connectivity index (χ3v) is 3.46. The van der Waals surface area contributed by atoms with Crippen LogP contribution in [0.3, 0.4) is 0 Å². The fourth-order valence-electron chi connectivity index (χ4n) is 2.31. The Labute approximate surface area is 105 Å². The summed E-state index contributed by atoms with van der Waals surface area (Å²) in [5.41, 5.74) is 4.18. The zero-order valence-electron chi connectivity index (χ0n) is 11.7. The molecule has 1 aromatic rings. The van der Waals surface area contributed by atoms with Gasteiger partial charge >= 0.3 is 0 Å². The summed E-state index contributed by atoms with van der Waals surface area (Å²) in [6, 6.07) is 6.95. The zero-order valence-corrected chi connectivity index (χ0v) is 11.7. The second-order valence-electron chi connectivity index (χ2n) is 4.93. The summed E-state index contributed by atoms with van der Waals surface area (Å²) >= 11 is 0. The maximum atomic E-state index is 5.21. The van der Waals surface area contributed by atoms with Crippen molar-refractivity contribution in [1.82, 2.24) is 5.32 Å². The second-order valence-corrected chi connectivity index (χ2v) is 4.93. The predicted octanol–water partition coefficient (Wildman–Crippen LogP) is 3.24. The third kappa shape index (κ3) is 3.83. The highest BCUT2D eigenvalue weighted by atomic mass is 16.5. The quantitative estimate of drug-likeness (QED) is 0.817. The van der Waals surface area contributed by atoms with Crippen molar-refractivity contribution < 1.29 is 4.74 Å². The summed E-state index contributed by atoms with van der Waals surface area (Å²) in [6.45, 7) is 7.43. The molecule has 2 atom stereocenters. The van der Waals surface area contributed by atoms with Crippen LogP contribution in [0.2, 0.25) is 0 Å². The van der Waals surface area contributed by atoms with Crippen molar-refractivity contribution in [2.24, 2.45) is 5.92 Å². The molecule has 1 rings (SSSR count). The summed E-state index contributed by atoms with van der Waals surface area (Å²) in [7, 11) is 3.80. The van der Waals surface area contributed by atoms with Crippen LogP contribution in [-0.4, -0.2) is 20.8 Å². The first kappa shape index (κ1) is 14.2. The summed E-state index contributed by atoms with van der Waals surface area (Å²) < 4.78 is 5.21. The molecular weight excluding hydrogens is 210 g/mol. The molecule has 0 bridgehead atoms. The van der Waals surface area contributed by atoms with Crippen molar-refractivity contribution in [3.63, 3.8) is 0 Å². The SMILES string of the molecule is CNC(CC(C)COC)c1cccc(C)c1C. The molecule has 0 aromatic heterocycles. The monoisotopic (exact) mass is 235 g/mol. The van der Waals surface area contributed by atoms with E-state index >= 15 is 0 Å². The van der Waals surface area contributed by atoms with Crippen LogP contribution in [0, 0.1) is 19.8 Å². The van der Waals surface area contributed by atoms with E-state index in [4.69, 9.17) is 4.74 Å². The van der Waals surface area contributed by atoms with E-state index < -0.39 is 0 Å². The number of nitrogens with one attached hydrogen (secondary N) is 1. The Morgan fingerprint density at radius 2 is 2.00 bits per heavy atom. The predicted molar refractivity (Wildman–Crippen MR) is 73.4 cm³/mol. The summed E-state index contributed by atoms with van der Waals surface area (Å²) in [4.78, 5) is 0. The summed E-state index contributed by atoms with van der Waals surface area (Å²) in [5, 5.41) is 3.42. The van der Waals surface area contributed by atoms with Gasteiger partial charge < -0.3 is 10.1 Å². The lowest BCUT2D eigenvalue weighted by molar-refractivity contribution is 0.150. The average Bonchev–Trinajstić information content (AvgIpc) is 2.30. The van der Waals surface area contributed by atoms with Crippen LogP contribution in [0.25, 0.3) is 0 Å². The van der Waals surface area contributed by atoms with E-state index in [2.05, 4.69) is 44.3 Å². The Kier molecular flexibility index (Phi) is 5.66. The largest absolute Gasteiger partial charge is 0.384 e. The molecule has 0 heterocycles. The van der Waals surface area contributed by atoms with Gasteiger partial charge in [-0.15, -0.1) is 0 Å². The van der Waals surface area contributed by atoms with Crippen molar-refractivity contribution in [2.75, 3.05) is 20.8 Å². The highest BCUT2D eigenvalue weighted by Crippen LogP contribution is 2.25. The molecule has 0 radical (unpaired) electrons. The van der Waals surface area contributed by atoms with E-state index in [0.717, 1.165) is 13.0 Å². The molecule has 1 N–H and O–H groups in total. The molecule has 0 amide bonds. The smallest absolute Gasteiger partial charge is 0.0488 e. The standard InChI is InChI=1S/C15H25NO/c1-11(10-17-5)9-15(16-4)14-8-6-7-12(2)13(14)3/h6-8,11,15-16H,9-10H2,1-5H3. The Morgan fingerprint density at radius 3 is 2.59 bits per heavy atom. The molecule has 0 aliphatic carbocycles. The van der Waals surface area contributed by atoms with Crippen molar-refractivity contribution in [3.8, 4) is 0 Å². The van der Waals surface area contributed by atoms with Crippen molar-refractivity contribution in [3.05, 3.63) is 34.9 Å². The van der Waals surface area contributed by atoms with Crippen LogP contribution < -0.4 is 5.32 Å². The van der Waals surface area contributed by atoms with E-state index in [1.807, 2.05) is 7.05 Å². The van der Waals surface area contributed by atoms with Gasteiger partial charge in [-0.1, -0.05) is 25.1 Å². The normalized spacial score (nSPS) is 14.6. The number of methoxy groups -OCH3 is 1. The van der Waals surface area contributed by atoms with Gasteiger partial charge in [0.15, 0.2) is 0 Å². The van der Waals surface area contributed by atoms with Crippen LogP contribution in [-0.2, 0) is 4.74 Å². The van der Waals surface area contributed by atoms with Crippen LogP contribution in [0.1, 0.15) is 36.1 Å². The number of hydrogen-bond acceptors (Lipinski definition) is 2. The molecule has 2 unspecified atom stereocenters. The van der Waals surface area contributed by atoms with Gasteiger partial charge in [-0.05, 0) is 49.9 Å². The van der Waals surface area contributed by atoms with Gasteiger partial charge in [-0.25, -0.2) is 0 Å². The fourth-order valence-corrected chi connectivity index (χ4v) is 2.31. The molecule has 17 heavy (non-hydrogen) atoms. The van der Waals surface area contributed by atoms with Crippen LogP contribution in [0.15, 0.2) is 18.2 Å². The first-order valence-corrected chi connectivity index (χ1v) is 6.32. The van der Waals surface area contributed by atoms with Crippen molar-refractivity contribution >= 4 is 0 Å². The van der Waals surface area contributed by atoms with Crippen LogP contribution in [0.5, 0.6) is 0 Å². The maximum absolute atomic E-state index is 5.21. The number of benzene rings is 1. The van der Waals surface area contributed by atoms with Crippen LogP contribution >= 0.6 is 0 Å². The lowest BCUT2D eigenvalue weighted by Crippen LogP contribution is -2.21. The minimum Gasteiger partial charge on any atom is -0.384 e. The summed E-state index contributed by atoms with van der Waals surface area (Å²) in [6.07, 6.45) is 1.11. The van der Waals surface area contributed by atoms with E-state index in [0.29, 0.717) is 12.0 Å². The van der Waals surface area contributed by atoms with E-state index in [1.54, 1.807) is 7.11 Å². The maximum Gasteiger partial charge on any atom is 0.0488 e. The minimum absolute atomic E-state index is 0.417. The van der Waals surface area contributed by atoms with Crippen molar-refractivity contribution in [2.45, 2.75) is 33.2 Å². The molecule has 96 valence electrons. The molecular formula is C15H25NO. The topological polar surface area (TPSA) is 21.3 Å². The van der Waals surface area contributed by atoms with Gasteiger partial charge in [0.05, 0.1) is 0 Å². The highest BCUT2D eigenvalue weighted by molar-refractivity contribution is 5.35. The van der Waals surface area contributed by atoms with E-state index in [-0.39, 0.29) is 0 Å². The third-order valence-electron chi connectivity index (χ3n) is 3.46. The average molecular weight is 235 g/mol. The number of hydrogen-bond donors (Lipinski definition) is 1. The molecule has 2 heteroatoms. The summed E-state index contributed by atoms with van der Waals surface area (Å²) in [5.74, 6) is 0.567. The highest BCUT2D eigenvalue weighted by Gasteiger charge is 2.15. The molecule has 0 spiro atoms. The lowest BCUT2D eigenvalue weighted by Gasteiger charge is -2.23. The molecule has 2 nitrogen and oxygen atoms in total. The Balaban J connectivity index is 2.82. The Bertz CT molecular complexity index is 349. The molecule has 0 saturated heterocycles. The van der Waals surface area contributed by atoms with Gasteiger partial charge in [-0.2, -0.15) is 0 Å². The van der Waals surface area contributed by atoms with E-state index in [9.17, 15) is 0 Å². The molecule has 0 saturated carbocycles. The van der Waals surface area contributed by atoms with Gasteiger partial charge in [0, 0.05) is 19.8 Å². The molecule has 0 aliphatic heterocycles. The zero-order chi connectivity index (χ0) is 12.8. The minimum atomic E-state index is 0.417. The lowest BCUT2D eigenvalue weighted by atomic mass is 9.91. The van der Waals surface area contributed by atoms with Gasteiger partial charge in [0.2, 0.25) is 0 Å². The first-order valence-electron chi connectivity index (χ1n) is 6.32. The Morgan fingerprint density at radius 1 is 1.29 bits per heavy atom. The van der Waals surface area contributed by atoms with Gasteiger partial charge in [0.25, 0.3) is 0 Å². The molecule has 0 aliphatic rings. The van der Waals surface area contributed by atoms with Gasteiger partial charge in [0.1, 0.15) is 0 Å².